The molecule has 6 nitrogen and oxygen atoms in total. The van der Waals surface area contributed by atoms with E-state index in [1.165, 1.54) is 11.3 Å². The molecule has 0 spiro atoms. The summed E-state index contributed by atoms with van der Waals surface area (Å²) in [5.41, 5.74) is 7.21. The van der Waals surface area contributed by atoms with Gasteiger partial charge in [-0.1, -0.05) is 30.3 Å². The fourth-order valence-corrected chi connectivity index (χ4v) is 4.39. The second kappa shape index (κ2) is 12.1. The quantitative estimate of drug-likeness (QED) is 0.693. The molecule has 2 amide bonds. The van der Waals surface area contributed by atoms with Crippen LogP contribution < -0.4 is 11.1 Å². The molecule has 1 aromatic carbocycles. The number of amides is 2. The van der Waals surface area contributed by atoms with E-state index in [0.717, 1.165) is 35.5 Å². The van der Waals surface area contributed by atoms with Crippen LogP contribution in [-0.2, 0) is 4.79 Å². The van der Waals surface area contributed by atoms with Gasteiger partial charge in [0.2, 0.25) is 5.91 Å². The van der Waals surface area contributed by atoms with Gasteiger partial charge in [0.15, 0.2) is 0 Å². The third-order valence-electron chi connectivity index (χ3n) is 4.81. The summed E-state index contributed by atoms with van der Waals surface area (Å²) in [5, 5.41) is 3.77. The maximum absolute atomic E-state index is 13.2. The summed E-state index contributed by atoms with van der Waals surface area (Å²) in [4.78, 5) is 32.2. The third kappa shape index (κ3) is 6.40. The first-order valence-electron chi connectivity index (χ1n) is 9.40. The monoisotopic (exact) mass is 458 g/mol. The van der Waals surface area contributed by atoms with Crippen molar-refractivity contribution in [2.75, 3.05) is 19.6 Å². The van der Waals surface area contributed by atoms with Gasteiger partial charge in [-0.05, 0) is 26.2 Å². The van der Waals surface area contributed by atoms with Gasteiger partial charge in [0.05, 0.1) is 5.69 Å². The molecule has 0 radical (unpaired) electrons. The van der Waals surface area contributed by atoms with E-state index in [4.69, 9.17) is 5.73 Å². The van der Waals surface area contributed by atoms with E-state index in [2.05, 4.69) is 10.3 Å². The number of nitrogens with zero attached hydrogens (tertiary/aromatic N) is 2. The Morgan fingerprint density at radius 2 is 1.97 bits per heavy atom. The van der Waals surface area contributed by atoms with Crippen LogP contribution in [0, 0.1) is 6.92 Å². The van der Waals surface area contributed by atoms with E-state index >= 15 is 0 Å². The number of nitrogens with two attached hydrogens (primary N) is 1. The van der Waals surface area contributed by atoms with Crippen molar-refractivity contribution < 1.29 is 9.59 Å². The van der Waals surface area contributed by atoms with Crippen molar-refractivity contribution in [3.05, 3.63) is 40.9 Å². The molecule has 1 atom stereocenters. The molecule has 2 heterocycles. The van der Waals surface area contributed by atoms with Crippen LogP contribution in [0.4, 0.5) is 0 Å². The molecule has 3 rings (SSSR count). The molecule has 0 bridgehead atoms. The van der Waals surface area contributed by atoms with Gasteiger partial charge in [-0.25, -0.2) is 4.98 Å². The van der Waals surface area contributed by atoms with Crippen LogP contribution in [0.25, 0.3) is 10.6 Å². The van der Waals surface area contributed by atoms with Crippen LogP contribution in [-0.4, -0.2) is 47.4 Å². The fourth-order valence-electron chi connectivity index (χ4n) is 3.36. The summed E-state index contributed by atoms with van der Waals surface area (Å²) in [7, 11) is 0. The first-order chi connectivity index (χ1) is 13.1. The molecule has 1 unspecified atom stereocenters. The van der Waals surface area contributed by atoms with Crippen LogP contribution >= 0.6 is 36.2 Å². The highest BCUT2D eigenvalue weighted by atomic mass is 35.5. The second-order valence-electron chi connectivity index (χ2n) is 6.79. The Bertz CT molecular complexity index is 801. The number of benzene rings is 1. The van der Waals surface area contributed by atoms with Gasteiger partial charge < -0.3 is 16.0 Å². The zero-order chi connectivity index (χ0) is 19.2. The molecular weight excluding hydrogens is 431 g/mol. The molecule has 3 N–H and O–H groups in total. The van der Waals surface area contributed by atoms with Crippen molar-refractivity contribution in [1.29, 1.82) is 0 Å². The molecule has 29 heavy (non-hydrogen) atoms. The van der Waals surface area contributed by atoms with Gasteiger partial charge in [-0.3, -0.25) is 9.59 Å². The largest absolute Gasteiger partial charge is 0.354 e. The molecule has 0 aliphatic carbocycles. The summed E-state index contributed by atoms with van der Waals surface area (Å²) < 4.78 is 0. The van der Waals surface area contributed by atoms with Crippen molar-refractivity contribution in [3.8, 4) is 10.6 Å². The maximum Gasteiger partial charge on any atom is 0.266 e. The van der Waals surface area contributed by atoms with Gasteiger partial charge in [0, 0.05) is 37.7 Å². The molecule has 1 fully saturated rings. The van der Waals surface area contributed by atoms with Crippen molar-refractivity contribution in [2.45, 2.75) is 38.6 Å². The minimum Gasteiger partial charge on any atom is -0.354 e. The van der Waals surface area contributed by atoms with Crippen LogP contribution in [0.1, 0.15) is 41.0 Å². The van der Waals surface area contributed by atoms with Crippen molar-refractivity contribution in [2.24, 2.45) is 5.73 Å². The van der Waals surface area contributed by atoms with Crippen LogP contribution in [0.2, 0.25) is 0 Å². The number of hydrogen-bond acceptors (Lipinski definition) is 5. The predicted octanol–water partition coefficient (Wildman–Crippen LogP) is 3.42. The molecule has 0 saturated carbocycles. The average Bonchev–Trinajstić information content (AvgIpc) is 3.09. The molecule has 2 aromatic rings. The minimum absolute atomic E-state index is 0. The fraction of sp³-hybridized carbons (Fsp3) is 0.450. The summed E-state index contributed by atoms with van der Waals surface area (Å²) in [6, 6.07) is 9.94. The van der Waals surface area contributed by atoms with Crippen LogP contribution in [0.15, 0.2) is 30.3 Å². The Kier molecular flexibility index (Phi) is 10.6. The molecule has 160 valence electrons. The lowest BCUT2D eigenvalue weighted by Crippen LogP contribution is -2.49. The zero-order valence-corrected chi connectivity index (χ0v) is 18.9. The second-order valence-corrected chi connectivity index (χ2v) is 7.79. The highest BCUT2D eigenvalue weighted by Crippen LogP contribution is 2.30. The van der Waals surface area contributed by atoms with Crippen molar-refractivity contribution >= 4 is 48.0 Å². The molecule has 9 heteroatoms. The molecule has 1 aliphatic rings. The maximum atomic E-state index is 13.2. The van der Waals surface area contributed by atoms with E-state index in [9.17, 15) is 9.59 Å². The number of halogens is 2. The third-order valence-corrected chi connectivity index (χ3v) is 6.00. The Morgan fingerprint density at radius 1 is 1.24 bits per heavy atom. The van der Waals surface area contributed by atoms with Crippen molar-refractivity contribution in [3.63, 3.8) is 0 Å². The average molecular weight is 459 g/mol. The summed E-state index contributed by atoms with van der Waals surface area (Å²) >= 11 is 1.44. The number of carbonyl (C=O) groups excluding carboxylic acids is 2. The standard InChI is InChI=1S/C20H26N4O2S.2ClH/c1-14-18(27-19(23-14)15-7-3-2-4-8-15)20(26)24-12-6-5-9-16(24)13-22-17(25)10-11-21;;/h2-4,7-8,16H,5-6,9-13,21H2,1H3,(H,22,25);2*1H. The Balaban J connectivity index is 0.00000210. The van der Waals surface area contributed by atoms with Crippen molar-refractivity contribution in [1.82, 2.24) is 15.2 Å². The Morgan fingerprint density at radius 3 is 2.66 bits per heavy atom. The number of rotatable bonds is 6. The highest BCUT2D eigenvalue weighted by molar-refractivity contribution is 7.17. The number of nitrogens with one attached hydrogen (secondary N) is 1. The highest BCUT2D eigenvalue weighted by Gasteiger charge is 2.30. The topological polar surface area (TPSA) is 88.3 Å². The van der Waals surface area contributed by atoms with Gasteiger partial charge in [0.25, 0.3) is 5.91 Å². The SMILES string of the molecule is Cc1nc(-c2ccccc2)sc1C(=O)N1CCCCC1CNC(=O)CCN.Cl.Cl. The normalized spacial score (nSPS) is 15.8. The molecular formula is C20H28Cl2N4O2S. The van der Waals surface area contributed by atoms with Gasteiger partial charge >= 0.3 is 0 Å². The number of likely N-dealkylation sites (tertiary alicyclic amines) is 1. The zero-order valence-electron chi connectivity index (χ0n) is 16.4. The Hall–Kier alpha value is -1.67. The first kappa shape index (κ1) is 25.4. The molecule has 1 aromatic heterocycles. The lowest BCUT2D eigenvalue weighted by Gasteiger charge is -2.35. The summed E-state index contributed by atoms with van der Waals surface area (Å²) in [5.74, 6) is -0.0410. The van der Waals surface area contributed by atoms with E-state index in [1.54, 1.807) is 0 Å². The predicted molar refractivity (Wildman–Crippen MR) is 122 cm³/mol. The van der Waals surface area contributed by atoms with E-state index < -0.39 is 0 Å². The lowest BCUT2D eigenvalue weighted by atomic mass is 10.0. The number of carbonyl (C=O) groups is 2. The van der Waals surface area contributed by atoms with Crippen LogP contribution in [0.5, 0.6) is 0 Å². The summed E-state index contributed by atoms with van der Waals surface area (Å²) in [6.45, 7) is 3.42. The first-order valence-corrected chi connectivity index (χ1v) is 10.2. The van der Waals surface area contributed by atoms with Crippen LogP contribution in [0.3, 0.4) is 0 Å². The number of hydrogen-bond donors (Lipinski definition) is 2. The number of thiazole rings is 1. The summed E-state index contributed by atoms with van der Waals surface area (Å²) in [6.07, 6.45) is 3.27. The Labute approximate surface area is 188 Å². The van der Waals surface area contributed by atoms with E-state index in [1.807, 2.05) is 42.2 Å². The number of piperidine rings is 1. The van der Waals surface area contributed by atoms with Gasteiger partial charge in [-0.15, -0.1) is 36.2 Å². The number of aromatic nitrogens is 1. The van der Waals surface area contributed by atoms with E-state index in [0.29, 0.717) is 30.9 Å². The van der Waals surface area contributed by atoms with Gasteiger partial charge in [0.1, 0.15) is 9.88 Å². The van der Waals surface area contributed by atoms with Gasteiger partial charge in [-0.2, -0.15) is 0 Å². The molecule has 1 saturated heterocycles. The minimum atomic E-state index is -0.0594. The molecule has 1 aliphatic heterocycles. The van der Waals surface area contributed by atoms with E-state index in [-0.39, 0.29) is 42.7 Å². The smallest absolute Gasteiger partial charge is 0.266 e. The number of aryl methyl sites for hydroxylation is 1. The lowest BCUT2D eigenvalue weighted by molar-refractivity contribution is -0.121.